The molecular weight excluding hydrogens is 344 g/mol. The number of benzene rings is 2. The first-order valence-electron chi connectivity index (χ1n) is 5.57. The van der Waals surface area contributed by atoms with E-state index in [2.05, 4.69) is 22.6 Å². The molecule has 0 amide bonds. The second-order valence-corrected chi connectivity index (χ2v) is 5.10. The largest absolute Gasteiger partial charge is 0.484 e. The maximum Gasteiger partial charge on any atom is 0.136 e. The van der Waals surface area contributed by atoms with Crippen molar-refractivity contribution >= 4 is 22.6 Å². The van der Waals surface area contributed by atoms with Crippen LogP contribution in [0.4, 0.5) is 4.39 Å². The van der Waals surface area contributed by atoms with E-state index in [0.717, 1.165) is 14.9 Å². The SMILES string of the molecule is NCC(Oc1cccc(I)c1)c1ccc(F)cc1. The monoisotopic (exact) mass is 357 g/mol. The third kappa shape index (κ3) is 3.43. The lowest BCUT2D eigenvalue weighted by Crippen LogP contribution is -2.18. The lowest BCUT2D eigenvalue weighted by Gasteiger charge is -2.18. The average Bonchev–Trinajstić information content (AvgIpc) is 2.37. The lowest BCUT2D eigenvalue weighted by molar-refractivity contribution is 0.214. The van der Waals surface area contributed by atoms with Crippen molar-refractivity contribution < 1.29 is 9.13 Å². The molecule has 0 saturated heterocycles. The minimum Gasteiger partial charge on any atom is -0.484 e. The van der Waals surface area contributed by atoms with Gasteiger partial charge in [-0.2, -0.15) is 0 Å². The number of ether oxygens (including phenoxy) is 1. The summed E-state index contributed by atoms with van der Waals surface area (Å²) in [6, 6.07) is 14.0. The molecule has 0 aliphatic heterocycles. The Bertz CT molecular complexity index is 515. The van der Waals surface area contributed by atoms with Gasteiger partial charge in [0.15, 0.2) is 0 Å². The van der Waals surface area contributed by atoms with E-state index in [1.54, 1.807) is 12.1 Å². The maximum atomic E-state index is 12.9. The Morgan fingerprint density at radius 1 is 1.17 bits per heavy atom. The van der Waals surface area contributed by atoms with Crippen LogP contribution >= 0.6 is 22.6 Å². The van der Waals surface area contributed by atoms with Crippen LogP contribution in [0.3, 0.4) is 0 Å². The molecule has 1 unspecified atom stereocenters. The van der Waals surface area contributed by atoms with Crippen molar-refractivity contribution in [3.8, 4) is 5.75 Å². The van der Waals surface area contributed by atoms with Gasteiger partial charge >= 0.3 is 0 Å². The smallest absolute Gasteiger partial charge is 0.136 e. The highest BCUT2D eigenvalue weighted by molar-refractivity contribution is 14.1. The van der Waals surface area contributed by atoms with Crippen molar-refractivity contribution in [2.24, 2.45) is 5.73 Å². The number of hydrogen-bond acceptors (Lipinski definition) is 2. The van der Waals surface area contributed by atoms with Crippen LogP contribution in [0.1, 0.15) is 11.7 Å². The van der Waals surface area contributed by atoms with Crippen molar-refractivity contribution in [2.45, 2.75) is 6.10 Å². The van der Waals surface area contributed by atoms with Gasteiger partial charge in [-0.05, 0) is 58.5 Å². The molecule has 2 aromatic carbocycles. The van der Waals surface area contributed by atoms with E-state index in [0.29, 0.717) is 6.54 Å². The lowest BCUT2D eigenvalue weighted by atomic mass is 10.1. The molecule has 0 bridgehead atoms. The first-order chi connectivity index (χ1) is 8.69. The molecule has 0 spiro atoms. The molecule has 0 aromatic heterocycles. The van der Waals surface area contributed by atoms with Crippen LogP contribution in [0, 0.1) is 9.39 Å². The van der Waals surface area contributed by atoms with Crippen molar-refractivity contribution in [3.63, 3.8) is 0 Å². The van der Waals surface area contributed by atoms with E-state index in [-0.39, 0.29) is 11.9 Å². The number of hydrogen-bond donors (Lipinski definition) is 1. The predicted molar refractivity (Wildman–Crippen MR) is 78.0 cm³/mol. The molecule has 0 aliphatic carbocycles. The fourth-order valence-electron chi connectivity index (χ4n) is 1.63. The van der Waals surface area contributed by atoms with Crippen molar-refractivity contribution in [1.29, 1.82) is 0 Å². The zero-order chi connectivity index (χ0) is 13.0. The maximum absolute atomic E-state index is 12.9. The Kier molecular flexibility index (Phi) is 4.54. The Balaban J connectivity index is 2.17. The van der Waals surface area contributed by atoms with Gasteiger partial charge in [-0.15, -0.1) is 0 Å². The van der Waals surface area contributed by atoms with Gasteiger partial charge in [0.1, 0.15) is 17.7 Å². The normalized spacial score (nSPS) is 12.2. The summed E-state index contributed by atoms with van der Waals surface area (Å²) in [7, 11) is 0. The van der Waals surface area contributed by atoms with E-state index >= 15 is 0 Å². The van der Waals surface area contributed by atoms with Crippen LogP contribution in [0.15, 0.2) is 48.5 Å². The summed E-state index contributed by atoms with van der Waals surface area (Å²) in [6.45, 7) is 0.344. The Morgan fingerprint density at radius 2 is 1.89 bits per heavy atom. The second-order valence-electron chi connectivity index (χ2n) is 3.85. The molecule has 2 nitrogen and oxygen atoms in total. The Hall–Kier alpha value is -1.14. The molecule has 0 aliphatic rings. The van der Waals surface area contributed by atoms with Crippen molar-refractivity contribution in [3.05, 3.63) is 63.5 Å². The van der Waals surface area contributed by atoms with Crippen LogP contribution in [0.25, 0.3) is 0 Å². The van der Waals surface area contributed by atoms with Gasteiger partial charge in [0.25, 0.3) is 0 Å². The third-order valence-electron chi connectivity index (χ3n) is 2.53. The minimum atomic E-state index is -0.260. The number of halogens is 2. The van der Waals surface area contributed by atoms with E-state index in [1.165, 1.54) is 12.1 Å². The van der Waals surface area contributed by atoms with E-state index in [1.807, 2.05) is 24.3 Å². The highest BCUT2D eigenvalue weighted by Gasteiger charge is 2.11. The molecule has 2 N–H and O–H groups in total. The van der Waals surface area contributed by atoms with E-state index in [9.17, 15) is 4.39 Å². The Morgan fingerprint density at radius 3 is 2.50 bits per heavy atom. The van der Waals surface area contributed by atoms with Gasteiger partial charge in [-0.25, -0.2) is 4.39 Å². The highest BCUT2D eigenvalue weighted by atomic mass is 127. The van der Waals surface area contributed by atoms with Gasteiger partial charge in [-0.3, -0.25) is 0 Å². The summed E-state index contributed by atoms with van der Waals surface area (Å²) < 4.78 is 19.8. The molecule has 18 heavy (non-hydrogen) atoms. The molecule has 0 heterocycles. The number of nitrogens with two attached hydrogens (primary N) is 1. The van der Waals surface area contributed by atoms with Crippen molar-refractivity contribution in [2.75, 3.05) is 6.54 Å². The van der Waals surface area contributed by atoms with Gasteiger partial charge in [0.05, 0.1) is 0 Å². The summed E-state index contributed by atoms with van der Waals surface area (Å²) in [5.74, 6) is 0.505. The van der Waals surface area contributed by atoms with Gasteiger partial charge < -0.3 is 10.5 Å². The topological polar surface area (TPSA) is 35.2 Å². The van der Waals surface area contributed by atoms with Crippen LogP contribution in [-0.2, 0) is 0 Å². The summed E-state index contributed by atoms with van der Waals surface area (Å²) >= 11 is 2.22. The molecule has 4 heteroatoms. The standard InChI is InChI=1S/C14H13FINO/c15-11-6-4-10(5-7-11)14(9-17)18-13-3-1-2-12(16)8-13/h1-8,14H,9,17H2. The molecule has 2 aromatic rings. The third-order valence-corrected chi connectivity index (χ3v) is 3.20. The second kappa shape index (κ2) is 6.15. The molecule has 0 saturated carbocycles. The van der Waals surface area contributed by atoms with Crippen LogP contribution in [0.5, 0.6) is 5.75 Å². The summed E-state index contributed by atoms with van der Waals surface area (Å²) in [6.07, 6.45) is -0.260. The first-order valence-corrected chi connectivity index (χ1v) is 6.64. The Labute approximate surface area is 119 Å². The van der Waals surface area contributed by atoms with Gasteiger partial charge in [-0.1, -0.05) is 18.2 Å². The molecular formula is C14H13FINO. The average molecular weight is 357 g/mol. The molecule has 94 valence electrons. The minimum absolute atomic E-state index is 0.260. The molecule has 0 radical (unpaired) electrons. The fraction of sp³-hybridized carbons (Fsp3) is 0.143. The van der Waals surface area contributed by atoms with Crippen LogP contribution in [-0.4, -0.2) is 6.54 Å². The van der Waals surface area contributed by atoms with Crippen LogP contribution < -0.4 is 10.5 Å². The zero-order valence-electron chi connectivity index (χ0n) is 9.64. The molecule has 1 atom stereocenters. The summed E-state index contributed by atoms with van der Waals surface area (Å²) in [4.78, 5) is 0. The van der Waals surface area contributed by atoms with E-state index < -0.39 is 0 Å². The van der Waals surface area contributed by atoms with Crippen molar-refractivity contribution in [1.82, 2.24) is 0 Å². The summed E-state index contributed by atoms with van der Waals surface area (Å²) in [5, 5.41) is 0. The number of rotatable bonds is 4. The highest BCUT2D eigenvalue weighted by Crippen LogP contribution is 2.23. The van der Waals surface area contributed by atoms with Gasteiger partial charge in [0, 0.05) is 10.1 Å². The first kappa shape index (κ1) is 13.3. The zero-order valence-corrected chi connectivity index (χ0v) is 11.8. The van der Waals surface area contributed by atoms with E-state index in [4.69, 9.17) is 10.5 Å². The van der Waals surface area contributed by atoms with Gasteiger partial charge in [0.2, 0.25) is 0 Å². The molecule has 2 rings (SSSR count). The van der Waals surface area contributed by atoms with Crippen LogP contribution in [0.2, 0.25) is 0 Å². The predicted octanol–water partition coefficient (Wildman–Crippen LogP) is 3.51. The fourth-order valence-corrected chi connectivity index (χ4v) is 2.15. The molecule has 0 fully saturated rings. The quantitative estimate of drug-likeness (QED) is 0.850. The summed E-state index contributed by atoms with van der Waals surface area (Å²) in [5.41, 5.74) is 6.58.